The van der Waals surface area contributed by atoms with E-state index in [4.69, 9.17) is 11.5 Å². The average molecular weight is 368 g/mol. The van der Waals surface area contributed by atoms with Crippen LogP contribution in [0.2, 0.25) is 0 Å². The van der Waals surface area contributed by atoms with Gasteiger partial charge in [0.2, 0.25) is 0 Å². The Morgan fingerprint density at radius 1 is 1.19 bits per heavy atom. The van der Waals surface area contributed by atoms with Gasteiger partial charge >= 0.3 is 0 Å². The molecule has 0 spiro atoms. The van der Waals surface area contributed by atoms with Crippen molar-refractivity contribution >= 4 is 34.1 Å². The van der Waals surface area contributed by atoms with Crippen LogP contribution < -0.4 is 22.1 Å². The first kappa shape index (κ1) is 18.5. The van der Waals surface area contributed by atoms with E-state index in [9.17, 15) is 9.18 Å². The summed E-state index contributed by atoms with van der Waals surface area (Å²) in [6.07, 6.45) is 1.71. The molecular weight excluding hydrogens is 347 g/mol. The number of benzene rings is 1. The van der Waals surface area contributed by atoms with Crippen LogP contribution in [0.15, 0.2) is 42.6 Å². The lowest BCUT2D eigenvalue weighted by molar-refractivity contribution is 0.100. The summed E-state index contributed by atoms with van der Waals surface area (Å²) in [6.45, 7) is 3.62. The topological polar surface area (TPSA) is 119 Å². The molecule has 3 rings (SSSR count). The molecule has 27 heavy (non-hydrogen) atoms. The number of aromatic nitrogens is 2. The number of nitrogens with two attached hydrogens (primary N) is 2. The normalized spacial score (nSPS) is 13.2. The van der Waals surface area contributed by atoms with E-state index in [0.717, 1.165) is 17.0 Å². The lowest BCUT2D eigenvalue weighted by Gasteiger charge is -2.20. The number of fused-ring (bicyclic) bond motifs is 1. The van der Waals surface area contributed by atoms with E-state index in [1.807, 2.05) is 31.2 Å². The number of amides is 1. The molecule has 0 bridgehead atoms. The van der Waals surface area contributed by atoms with Gasteiger partial charge in [-0.3, -0.25) is 9.78 Å². The van der Waals surface area contributed by atoms with E-state index < -0.39 is 11.7 Å². The standard InChI is InChI=1S/C19H21FN6O/c1-10(21)11(2)24-19-15(20)9-14(17(22)27)18(26-19)25-13-5-6-16-12(8-13)4-3-7-23-16/h3-11H,21H2,1-2H3,(H2,22,27)(H2,24,25,26)/t10-,11-/m0/s1. The molecule has 0 fully saturated rings. The van der Waals surface area contributed by atoms with E-state index in [1.54, 1.807) is 19.2 Å². The van der Waals surface area contributed by atoms with Crippen molar-refractivity contribution in [3.8, 4) is 0 Å². The number of hydrogen-bond acceptors (Lipinski definition) is 6. The summed E-state index contributed by atoms with van der Waals surface area (Å²) in [5.74, 6) is -1.30. The molecule has 0 aliphatic carbocycles. The fourth-order valence-corrected chi connectivity index (χ4v) is 2.51. The van der Waals surface area contributed by atoms with Gasteiger partial charge < -0.3 is 22.1 Å². The molecule has 2 heterocycles. The fourth-order valence-electron chi connectivity index (χ4n) is 2.51. The third kappa shape index (κ3) is 4.12. The zero-order chi connectivity index (χ0) is 19.6. The molecule has 8 heteroatoms. The molecule has 1 aromatic carbocycles. The zero-order valence-corrected chi connectivity index (χ0v) is 15.0. The summed E-state index contributed by atoms with van der Waals surface area (Å²) >= 11 is 0. The maximum atomic E-state index is 14.4. The molecule has 140 valence electrons. The predicted molar refractivity (Wildman–Crippen MR) is 104 cm³/mol. The Labute approximate surface area is 156 Å². The van der Waals surface area contributed by atoms with Crippen LogP contribution in [0.25, 0.3) is 10.9 Å². The van der Waals surface area contributed by atoms with Crippen molar-refractivity contribution in [2.75, 3.05) is 10.6 Å². The van der Waals surface area contributed by atoms with Crippen LogP contribution in [0, 0.1) is 5.82 Å². The molecule has 0 saturated carbocycles. The second-order valence-corrected chi connectivity index (χ2v) is 6.41. The quantitative estimate of drug-likeness (QED) is 0.531. The average Bonchev–Trinajstić information content (AvgIpc) is 2.63. The number of carbonyl (C=O) groups excluding carboxylic acids is 1. The summed E-state index contributed by atoms with van der Waals surface area (Å²) in [7, 11) is 0. The summed E-state index contributed by atoms with van der Waals surface area (Å²) in [5, 5.41) is 6.87. The Kier molecular flexibility index (Phi) is 5.18. The highest BCUT2D eigenvalue weighted by molar-refractivity contribution is 5.99. The summed E-state index contributed by atoms with van der Waals surface area (Å²) in [6, 6.07) is 9.86. The Morgan fingerprint density at radius 2 is 1.96 bits per heavy atom. The molecule has 3 aromatic rings. The highest BCUT2D eigenvalue weighted by Gasteiger charge is 2.18. The molecular formula is C19H21FN6O. The van der Waals surface area contributed by atoms with Gasteiger partial charge in [-0.25, -0.2) is 9.37 Å². The van der Waals surface area contributed by atoms with Gasteiger partial charge in [0.25, 0.3) is 5.91 Å². The van der Waals surface area contributed by atoms with Crippen molar-refractivity contribution in [2.24, 2.45) is 11.5 Å². The monoisotopic (exact) mass is 368 g/mol. The van der Waals surface area contributed by atoms with Gasteiger partial charge in [-0.15, -0.1) is 0 Å². The van der Waals surface area contributed by atoms with Crippen LogP contribution in [-0.2, 0) is 0 Å². The second kappa shape index (κ2) is 7.55. The number of hydrogen-bond donors (Lipinski definition) is 4. The third-order valence-corrected chi connectivity index (χ3v) is 4.26. The molecule has 0 saturated heterocycles. The predicted octanol–water partition coefficient (Wildman–Crippen LogP) is 2.76. The molecule has 6 N–H and O–H groups in total. The van der Waals surface area contributed by atoms with Gasteiger partial charge in [-0.1, -0.05) is 6.07 Å². The second-order valence-electron chi connectivity index (χ2n) is 6.41. The Hall–Kier alpha value is -3.26. The van der Waals surface area contributed by atoms with Crippen molar-refractivity contribution in [1.82, 2.24) is 9.97 Å². The molecule has 0 aliphatic heterocycles. The summed E-state index contributed by atoms with van der Waals surface area (Å²) in [5.41, 5.74) is 12.7. The van der Waals surface area contributed by atoms with Crippen LogP contribution in [0.3, 0.4) is 0 Å². The van der Waals surface area contributed by atoms with Crippen LogP contribution in [0.5, 0.6) is 0 Å². The smallest absolute Gasteiger partial charge is 0.252 e. The molecule has 0 unspecified atom stereocenters. The largest absolute Gasteiger partial charge is 0.365 e. The van der Waals surface area contributed by atoms with Crippen LogP contribution in [-0.4, -0.2) is 28.0 Å². The maximum absolute atomic E-state index is 14.4. The van der Waals surface area contributed by atoms with Gasteiger partial charge in [0.05, 0.1) is 11.1 Å². The van der Waals surface area contributed by atoms with Crippen molar-refractivity contribution in [1.29, 1.82) is 0 Å². The highest BCUT2D eigenvalue weighted by Crippen LogP contribution is 2.26. The first-order valence-electron chi connectivity index (χ1n) is 8.49. The number of nitrogens with one attached hydrogen (secondary N) is 2. The first-order valence-corrected chi connectivity index (χ1v) is 8.49. The molecule has 2 aromatic heterocycles. The van der Waals surface area contributed by atoms with E-state index in [1.165, 1.54) is 0 Å². The Bertz CT molecular complexity index is 991. The van der Waals surface area contributed by atoms with Crippen LogP contribution >= 0.6 is 0 Å². The molecule has 2 atom stereocenters. The van der Waals surface area contributed by atoms with Gasteiger partial charge in [-0.2, -0.15) is 0 Å². The molecule has 7 nitrogen and oxygen atoms in total. The minimum absolute atomic E-state index is 0.00486. The van der Waals surface area contributed by atoms with Gasteiger partial charge in [0.1, 0.15) is 5.82 Å². The van der Waals surface area contributed by atoms with Crippen molar-refractivity contribution in [3.05, 3.63) is 54.0 Å². The maximum Gasteiger partial charge on any atom is 0.252 e. The van der Waals surface area contributed by atoms with Crippen LogP contribution in [0.1, 0.15) is 24.2 Å². The number of pyridine rings is 2. The number of nitrogens with zero attached hydrogens (tertiary/aromatic N) is 2. The zero-order valence-electron chi connectivity index (χ0n) is 15.0. The Balaban J connectivity index is 1.99. The SMILES string of the molecule is C[C@H](N)[C@H](C)Nc1nc(Nc2ccc3ncccc3c2)c(C(N)=O)cc1F. The summed E-state index contributed by atoms with van der Waals surface area (Å²) in [4.78, 5) is 20.2. The van der Waals surface area contributed by atoms with Crippen molar-refractivity contribution in [2.45, 2.75) is 25.9 Å². The van der Waals surface area contributed by atoms with Crippen molar-refractivity contribution in [3.63, 3.8) is 0 Å². The number of carbonyl (C=O) groups is 1. The number of rotatable bonds is 6. The van der Waals surface area contributed by atoms with E-state index in [0.29, 0.717) is 5.69 Å². The highest BCUT2D eigenvalue weighted by atomic mass is 19.1. The fraction of sp³-hybridized carbons (Fsp3) is 0.211. The summed E-state index contributed by atoms with van der Waals surface area (Å²) < 4.78 is 14.4. The molecule has 0 aliphatic rings. The number of primary amides is 1. The van der Waals surface area contributed by atoms with Gasteiger partial charge in [0.15, 0.2) is 11.6 Å². The van der Waals surface area contributed by atoms with Crippen molar-refractivity contribution < 1.29 is 9.18 Å². The van der Waals surface area contributed by atoms with Gasteiger partial charge in [-0.05, 0) is 44.2 Å². The molecule has 1 amide bonds. The minimum atomic E-state index is -0.779. The lowest BCUT2D eigenvalue weighted by Crippen LogP contribution is -2.35. The lowest BCUT2D eigenvalue weighted by atomic mass is 10.1. The van der Waals surface area contributed by atoms with E-state index in [2.05, 4.69) is 20.6 Å². The van der Waals surface area contributed by atoms with Crippen LogP contribution in [0.4, 0.5) is 21.7 Å². The number of halogens is 1. The number of anilines is 3. The molecule has 0 radical (unpaired) electrons. The van der Waals surface area contributed by atoms with E-state index in [-0.39, 0.29) is 29.3 Å². The third-order valence-electron chi connectivity index (χ3n) is 4.26. The van der Waals surface area contributed by atoms with Gasteiger partial charge in [0, 0.05) is 29.4 Å². The minimum Gasteiger partial charge on any atom is -0.365 e. The van der Waals surface area contributed by atoms with E-state index >= 15 is 0 Å². The first-order chi connectivity index (χ1) is 12.8. The Morgan fingerprint density at radius 3 is 2.67 bits per heavy atom.